The van der Waals surface area contributed by atoms with Crippen molar-refractivity contribution in [2.75, 3.05) is 6.54 Å². The predicted molar refractivity (Wildman–Crippen MR) is 83.8 cm³/mol. The number of benzene rings is 1. The fraction of sp³-hybridized carbons (Fsp3) is 0.400. The molecular weight excluding hydrogens is 318 g/mol. The average molecular weight is 338 g/mol. The molecule has 1 heterocycles. The molecule has 0 aliphatic carbocycles. The molecule has 0 amide bonds. The Bertz CT molecular complexity index is 580. The smallest absolute Gasteiger partial charge is 0.131 e. The van der Waals surface area contributed by atoms with Crippen LogP contribution in [-0.2, 0) is 20.2 Å². The molecule has 4 nitrogen and oxygen atoms in total. The monoisotopic (exact) mass is 337 g/mol. The molecule has 0 saturated carbocycles. The molecule has 1 aromatic heterocycles. The second-order valence-electron chi connectivity index (χ2n) is 4.69. The number of hydrogen-bond acceptors (Lipinski definition) is 3. The molecule has 0 fully saturated rings. The summed E-state index contributed by atoms with van der Waals surface area (Å²) >= 11 is 3.55. The van der Waals surface area contributed by atoms with Gasteiger partial charge in [0.25, 0.3) is 0 Å². The van der Waals surface area contributed by atoms with Crippen molar-refractivity contribution in [1.29, 1.82) is 0 Å². The zero-order chi connectivity index (χ0) is 14.5. The molecule has 108 valence electrons. The molecule has 0 bridgehead atoms. The maximum absolute atomic E-state index is 5.87. The predicted octanol–water partition coefficient (Wildman–Crippen LogP) is 3.18. The van der Waals surface area contributed by atoms with Crippen LogP contribution >= 0.6 is 15.9 Å². The number of nitrogens with zero attached hydrogens (tertiary/aromatic N) is 2. The quantitative estimate of drug-likeness (QED) is 0.879. The van der Waals surface area contributed by atoms with Crippen molar-refractivity contribution in [2.45, 2.75) is 27.0 Å². The van der Waals surface area contributed by atoms with Gasteiger partial charge in [0.1, 0.15) is 12.4 Å². The lowest BCUT2D eigenvalue weighted by atomic mass is 10.2. The number of nitrogens with one attached hydrogen (secondary N) is 1. The molecule has 1 N–H and O–H groups in total. The third kappa shape index (κ3) is 3.61. The van der Waals surface area contributed by atoms with Crippen LogP contribution < -0.4 is 10.1 Å². The molecular formula is C15H20BrN3O. The minimum absolute atomic E-state index is 0.503. The van der Waals surface area contributed by atoms with E-state index in [1.165, 1.54) is 5.56 Å². The van der Waals surface area contributed by atoms with Crippen LogP contribution in [-0.4, -0.2) is 16.3 Å². The Morgan fingerprint density at radius 3 is 2.85 bits per heavy atom. The first kappa shape index (κ1) is 15.1. The van der Waals surface area contributed by atoms with Gasteiger partial charge in [-0.1, -0.05) is 19.1 Å². The molecule has 20 heavy (non-hydrogen) atoms. The highest BCUT2D eigenvalue weighted by molar-refractivity contribution is 9.10. The van der Waals surface area contributed by atoms with E-state index in [2.05, 4.69) is 45.4 Å². The van der Waals surface area contributed by atoms with E-state index in [-0.39, 0.29) is 0 Å². The molecule has 2 rings (SSSR count). The maximum atomic E-state index is 5.87. The summed E-state index contributed by atoms with van der Waals surface area (Å²) in [5, 5.41) is 7.67. The highest BCUT2D eigenvalue weighted by Crippen LogP contribution is 2.22. The minimum Gasteiger partial charge on any atom is -0.487 e. The van der Waals surface area contributed by atoms with Crippen molar-refractivity contribution in [1.82, 2.24) is 15.1 Å². The van der Waals surface area contributed by atoms with Crippen LogP contribution in [0.5, 0.6) is 5.75 Å². The summed E-state index contributed by atoms with van der Waals surface area (Å²) in [6.07, 6.45) is 0. The molecule has 2 aromatic rings. The number of ether oxygens (including phenoxy) is 1. The van der Waals surface area contributed by atoms with E-state index >= 15 is 0 Å². The molecule has 0 radical (unpaired) electrons. The van der Waals surface area contributed by atoms with Gasteiger partial charge in [0, 0.05) is 13.6 Å². The van der Waals surface area contributed by atoms with E-state index in [9.17, 15) is 0 Å². The lowest BCUT2D eigenvalue weighted by Crippen LogP contribution is -2.11. The largest absolute Gasteiger partial charge is 0.487 e. The number of aromatic nitrogens is 2. The first-order valence-corrected chi connectivity index (χ1v) is 7.51. The van der Waals surface area contributed by atoms with Gasteiger partial charge in [-0.2, -0.15) is 5.10 Å². The summed E-state index contributed by atoms with van der Waals surface area (Å²) in [7, 11) is 1.93. The van der Waals surface area contributed by atoms with Crippen molar-refractivity contribution in [3.8, 4) is 5.75 Å². The second kappa shape index (κ2) is 6.90. The van der Waals surface area contributed by atoms with Crippen molar-refractivity contribution >= 4 is 15.9 Å². The Labute approximate surface area is 128 Å². The van der Waals surface area contributed by atoms with E-state index in [1.54, 1.807) is 0 Å². The van der Waals surface area contributed by atoms with Crippen LogP contribution in [0.25, 0.3) is 0 Å². The summed E-state index contributed by atoms with van der Waals surface area (Å²) in [5.41, 5.74) is 3.25. The summed E-state index contributed by atoms with van der Waals surface area (Å²) in [6, 6.07) is 8.16. The summed E-state index contributed by atoms with van der Waals surface area (Å²) < 4.78 is 8.74. The van der Waals surface area contributed by atoms with Crippen molar-refractivity contribution < 1.29 is 4.74 Å². The van der Waals surface area contributed by atoms with Crippen LogP contribution in [0.2, 0.25) is 0 Å². The van der Waals surface area contributed by atoms with Gasteiger partial charge in [-0.3, -0.25) is 4.68 Å². The molecule has 0 aliphatic rings. The zero-order valence-corrected chi connectivity index (χ0v) is 13.7. The normalized spacial score (nSPS) is 10.8. The van der Waals surface area contributed by atoms with Gasteiger partial charge in [0.2, 0.25) is 0 Å². The molecule has 5 heteroatoms. The first-order chi connectivity index (χ1) is 9.61. The molecule has 0 spiro atoms. The SMILES string of the molecule is CCNCc1cccc(OCc2c(Br)c(C)nn2C)c1. The van der Waals surface area contributed by atoms with Gasteiger partial charge in [-0.05, 0) is 47.1 Å². The number of rotatable bonds is 6. The van der Waals surface area contributed by atoms with E-state index < -0.39 is 0 Å². The summed E-state index contributed by atoms with van der Waals surface area (Å²) in [5.74, 6) is 0.881. The van der Waals surface area contributed by atoms with E-state index in [0.29, 0.717) is 6.61 Å². The summed E-state index contributed by atoms with van der Waals surface area (Å²) in [6.45, 7) is 6.41. The van der Waals surface area contributed by atoms with Gasteiger partial charge >= 0.3 is 0 Å². The number of hydrogen-bond donors (Lipinski definition) is 1. The van der Waals surface area contributed by atoms with Gasteiger partial charge in [-0.25, -0.2) is 0 Å². The maximum Gasteiger partial charge on any atom is 0.131 e. The minimum atomic E-state index is 0.503. The van der Waals surface area contributed by atoms with Crippen LogP contribution in [0.1, 0.15) is 23.9 Å². The highest BCUT2D eigenvalue weighted by Gasteiger charge is 2.11. The van der Waals surface area contributed by atoms with Crippen LogP contribution in [0.3, 0.4) is 0 Å². The van der Waals surface area contributed by atoms with E-state index in [1.807, 2.05) is 30.8 Å². The lowest BCUT2D eigenvalue weighted by molar-refractivity contribution is 0.293. The second-order valence-corrected chi connectivity index (χ2v) is 5.48. The molecule has 0 atom stereocenters. The van der Waals surface area contributed by atoms with Crippen molar-refractivity contribution in [3.05, 3.63) is 45.7 Å². The summed E-state index contributed by atoms with van der Waals surface area (Å²) in [4.78, 5) is 0. The fourth-order valence-corrected chi connectivity index (χ4v) is 2.45. The lowest BCUT2D eigenvalue weighted by Gasteiger charge is -2.09. The third-order valence-electron chi connectivity index (χ3n) is 3.11. The van der Waals surface area contributed by atoms with E-state index in [0.717, 1.165) is 34.7 Å². The topological polar surface area (TPSA) is 39.1 Å². The van der Waals surface area contributed by atoms with Gasteiger partial charge in [-0.15, -0.1) is 0 Å². The number of aryl methyl sites for hydroxylation is 2. The van der Waals surface area contributed by atoms with Crippen LogP contribution in [0.15, 0.2) is 28.7 Å². The Kier molecular flexibility index (Phi) is 5.20. The van der Waals surface area contributed by atoms with Crippen LogP contribution in [0.4, 0.5) is 0 Å². The average Bonchev–Trinajstić information content (AvgIpc) is 2.68. The van der Waals surface area contributed by atoms with Gasteiger partial charge in [0.15, 0.2) is 0 Å². The fourth-order valence-electron chi connectivity index (χ4n) is 2.00. The highest BCUT2D eigenvalue weighted by atomic mass is 79.9. The van der Waals surface area contributed by atoms with E-state index in [4.69, 9.17) is 4.74 Å². The first-order valence-electron chi connectivity index (χ1n) is 6.72. The Hall–Kier alpha value is -1.33. The Morgan fingerprint density at radius 1 is 1.40 bits per heavy atom. The third-order valence-corrected chi connectivity index (χ3v) is 4.15. The Balaban J connectivity index is 2.03. The molecule has 0 aliphatic heterocycles. The van der Waals surface area contributed by atoms with Gasteiger partial charge < -0.3 is 10.1 Å². The van der Waals surface area contributed by atoms with Crippen molar-refractivity contribution in [3.63, 3.8) is 0 Å². The molecule has 0 unspecified atom stereocenters. The number of halogens is 1. The van der Waals surface area contributed by atoms with Gasteiger partial charge in [0.05, 0.1) is 15.9 Å². The zero-order valence-electron chi connectivity index (χ0n) is 12.1. The molecule has 0 saturated heterocycles. The van der Waals surface area contributed by atoms with Crippen LogP contribution in [0, 0.1) is 6.92 Å². The van der Waals surface area contributed by atoms with Crippen molar-refractivity contribution in [2.24, 2.45) is 7.05 Å². The standard InChI is InChI=1S/C15H20BrN3O/c1-4-17-9-12-6-5-7-13(8-12)20-10-14-15(16)11(2)18-19(14)3/h5-8,17H,4,9-10H2,1-3H3. The molecule has 1 aromatic carbocycles. The Morgan fingerprint density at radius 2 is 2.20 bits per heavy atom.